The molecule has 148 valence electrons. The quantitative estimate of drug-likeness (QED) is 0.584. The van der Waals surface area contributed by atoms with Crippen LogP contribution in [0.25, 0.3) is 0 Å². The van der Waals surface area contributed by atoms with Gasteiger partial charge < -0.3 is 9.29 Å². The van der Waals surface area contributed by atoms with Gasteiger partial charge in [-0.05, 0) is 30.5 Å². The lowest BCUT2D eigenvalue weighted by molar-refractivity contribution is -0.0501. The highest BCUT2D eigenvalue weighted by Gasteiger charge is 2.49. The molecule has 1 N–H and O–H groups in total. The van der Waals surface area contributed by atoms with Crippen molar-refractivity contribution in [3.63, 3.8) is 0 Å². The van der Waals surface area contributed by atoms with E-state index in [-0.39, 0.29) is 12.5 Å². The van der Waals surface area contributed by atoms with Crippen LogP contribution in [-0.2, 0) is 16.7 Å². The van der Waals surface area contributed by atoms with E-state index >= 15 is 0 Å². The molecule has 1 aromatic heterocycles. The number of alkyl halides is 3. The molecule has 0 bridgehead atoms. The second-order valence-electron chi connectivity index (χ2n) is 6.04. The van der Waals surface area contributed by atoms with E-state index in [4.69, 9.17) is 0 Å². The molecule has 0 spiro atoms. The minimum Gasteiger partial charge on any atom is -0.477 e. The average molecular weight is 406 g/mol. The molecule has 0 radical (unpaired) electrons. The van der Waals surface area contributed by atoms with Crippen LogP contribution in [0.4, 0.5) is 13.2 Å². The Hall–Kier alpha value is -2.56. The maximum Gasteiger partial charge on any atom is 0.534 e. The molecule has 1 atom stereocenters. The Morgan fingerprint density at radius 3 is 2.33 bits per heavy atom. The van der Waals surface area contributed by atoms with E-state index in [1.165, 1.54) is 0 Å². The van der Waals surface area contributed by atoms with Crippen molar-refractivity contribution in [2.75, 3.05) is 0 Å². The van der Waals surface area contributed by atoms with Crippen molar-refractivity contribution in [2.45, 2.75) is 38.7 Å². The molecule has 0 aliphatic carbocycles. The number of aromatic carboxylic acids is 1. The Kier molecular flexibility index (Phi) is 5.55. The first kappa shape index (κ1) is 20.7. The fourth-order valence-electron chi connectivity index (χ4n) is 2.86. The van der Waals surface area contributed by atoms with E-state index in [9.17, 15) is 31.5 Å². The molecule has 0 aliphatic heterocycles. The minimum atomic E-state index is -5.94. The number of hydrogen-bond donors (Lipinski definition) is 1. The first-order valence-corrected chi connectivity index (χ1v) is 9.12. The highest BCUT2D eigenvalue weighted by molar-refractivity contribution is 7.87. The summed E-state index contributed by atoms with van der Waals surface area (Å²) in [6.07, 6.45) is 0. The number of aryl methyl sites for hydroxylation is 2. The van der Waals surface area contributed by atoms with E-state index < -0.39 is 33.2 Å². The summed E-state index contributed by atoms with van der Waals surface area (Å²) in [6.45, 7) is 5.56. The number of aromatic nitrogens is 2. The van der Waals surface area contributed by atoms with Crippen molar-refractivity contribution in [1.29, 1.82) is 0 Å². The van der Waals surface area contributed by atoms with Crippen molar-refractivity contribution < 1.29 is 35.7 Å². The number of nitrogens with zero attached hydrogens (tertiary/aromatic N) is 2. The minimum absolute atomic E-state index is 0.00273. The number of benzene rings is 1. The fourth-order valence-corrected chi connectivity index (χ4v) is 3.26. The van der Waals surface area contributed by atoms with E-state index in [1.807, 2.05) is 32.0 Å². The second kappa shape index (κ2) is 7.22. The Morgan fingerprint density at radius 1 is 1.30 bits per heavy atom. The Bertz CT molecular complexity index is 947. The standard InChI is InChI=1S/C16H17F3N2O5S/c1-9-5-4-6-10(2)14(9)11(3)8-21-12(15(22)23)7-13(20-21)26-27(24,25)16(17,18)19/h4-7,11H,8H2,1-3H3,(H,22,23). The molecule has 0 amide bonds. The lowest BCUT2D eigenvalue weighted by Crippen LogP contribution is -2.28. The van der Waals surface area contributed by atoms with E-state index in [1.54, 1.807) is 6.92 Å². The lowest BCUT2D eigenvalue weighted by atomic mass is 9.92. The summed E-state index contributed by atoms with van der Waals surface area (Å²) in [4.78, 5) is 11.4. The summed E-state index contributed by atoms with van der Waals surface area (Å²) in [7, 11) is -5.94. The zero-order chi connectivity index (χ0) is 20.6. The van der Waals surface area contributed by atoms with Crippen molar-refractivity contribution in [1.82, 2.24) is 9.78 Å². The largest absolute Gasteiger partial charge is 0.534 e. The van der Waals surface area contributed by atoms with Crippen LogP contribution in [0, 0.1) is 13.8 Å². The van der Waals surface area contributed by atoms with Gasteiger partial charge in [-0.15, -0.1) is 5.10 Å². The summed E-state index contributed by atoms with van der Waals surface area (Å²) >= 11 is 0. The normalized spacial score (nSPS) is 13.4. The van der Waals surface area contributed by atoms with Gasteiger partial charge in [-0.3, -0.25) is 4.68 Å². The number of carboxylic acid groups (broad SMARTS) is 1. The summed E-state index contributed by atoms with van der Waals surface area (Å²) in [6, 6.07) is 6.27. The third-order valence-corrected chi connectivity index (χ3v) is 4.89. The van der Waals surface area contributed by atoms with E-state index in [0.29, 0.717) is 6.07 Å². The molecule has 1 unspecified atom stereocenters. The number of rotatable bonds is 6. The molecule has 27 heavy (non-hydrogen) atoms. The van der Waals surface area contributed by atoms with Gasteiger partial charge in [0.05, 0.1) is 0 Å². The van der Waals surface area contributed by atoms with Gasteiger partial charge >= 0.3 is 21.6 Å². The first-order chi connectivity index (χ1) is 12.3. The summed E-state index contributed by atoms with van der Waals surface area (Å²) in [5, 5.41) is 12.8. The van der Waals surface area contributed by atoms with Gasteiger partial charge in [0.15, 0.2) is 0 Å². The zero-order valence-corrected chi connectivity index (χ0v) is 15.4. The SMILES string of the molecule is Cc1cccc(C)c1C(C)Cn1nc(OS(=O)(=O)C(F)(F)F)cc1C(=O)O. The van der Waals surface area contributed by atoms with Crippen LogP contribution in [0.15, 0.2) is 24.3 Å². The van der Waals surface area contributed by atoms with Crippen molar-refractivity contribution in [3.05, 3.63) is 46.6 Å². The van der Waals surface area contributed by atoms with Gasteiger partial charge in [-0.1, -0.05) is 25.1 Å². The Morgan fingerprint density at radius 2 is 1.85 bits per heavy atom. The number of halogens is 3. The van der Waals surface area contributed by atoms with Crippen molar-refractivity contribution >= 4 is 16.1 Å². The molecular formula is C16H17F3N2O5S. The monoisotopic (exact) mass is 406 g/mol. The zero-order valence-electron chi connectivity index (χ0n) is 14.6. The highest BCUT2D eigenvalue weighted by atomic mass is 32.2. The smallest absolute Gasteiger partial charge is 0.477 e. The molecule has 1 aromatic carbocycles. The molecule has 0 aliphatic rings. The second-order valence-corrected chi connectivity index (χ2v) is 7.58. The fraction of sp³-hybridized carbons (Fsp3) is 0.375. The average Bonchev–Trinajstić information content (AvgIpc) is 2.87. The van der Waals surface area contributed by atoms with Crippen LogP contribution in [0.2, 0.25) is 0 Å². The Labute approximate surface area is 153 Å². The number of carbonyl (C=O) groups is 1. The topological polar surface area (TPSA) is 98.5 Å². The molecule has 2 aromatic rings. The van der Waals surface area contributed by atoms with Gasteiger partial charge in [0.1, 0.15) is 5.69 Å². The van der Waals surface area contributed by atoms with Gasteiger partial charge in [-0.2, -0.15) is 21.6 Å². The maximum atomic E-state index is 12.4. The van der Waals surface area contributed by atoms with Gasteiger partial charge in [-0.25, -0.2) is 4.79 Å². The van der Waals surface area contributed by atoms with Crippen LogP contribution < -0.4 is 4.18 Å². The predicted molar refractivity (Wildman–Crippen MR) is 89.1 cm³/mol. The molecular weight excluding hydrogens is 389 g/mol. The highest BCUT2D eigenvalue weighted by Crippen LogP contribution is 2.29. The van der Waals surface area contributed by atoms with E-state index in [0.717, 1.165) is 21.4 Å². The molecule has 2 rings (SSSR count). The molecule has 7 nitrogen and oxygen atoms in total. The molecule has 0 saturated carbocycles. The molecule has 1 heterocycles. The van der Waals surface area contributed by atoms with E-state index in [2.05, 4.69) is 9.28 Å². The van der Waals surface area contributed by atoms with Gasteiger partial charge in [0.25, 0.3) is 5.88 Å². The lowest BCUT2D eigenvalue weighted by Gasteiger charge is -2.18. The third kappa shape index (κ3) is 4.41. The summed E-state index contributed by atoms with van der Waals surface area (Å²) < 4.78 is 64.4. The van der Waals surface area contributed by atoms with Crippen molar-refractivity contribution in [3.8, 4) is 5.88 Å². The first-order valence-electron chi connectivity index (χ1n) is 7.71. The summed E-state index contributed by atoms with van der Waals surface area (Å²) in [5.74, 6) is -2.68. The van der Waals surface area contributed by atoms with Crippen LogP contribution >= 0.6 is 0 Å². The number of carboxylic acids is 1. The predicted octanol–water partition coefficient (Wildman–Crippen LogP) is 3.23. The third-order valence-electron chi connectivity index (χ3n) is 3.94. The Balaban J connectivity index is 2.37. The van der Waals surface area contributed by atoms with Gasteiger partial charge in [0, 0.05) is 18.5 Å². The maximum absolute atomic E-state index is 12.4. The van der Waals surface area contributed by atoms with Crippen LogP contribution in [0.1, 0.15) is 40.0 Å². The van der Waals surface area contributed by atoms with Crippen LogP contribution in [-0.4, -0.2) is 34.8 Å². The summed E-state index contributed by atoms with van der Waals surface area (Å²) in [5.41, 5.74) is -3.27. The van der Waals surface area contributed by atoms with Gasteiger partial charge in [0.2, 0.25) is 0 Å². The molecule has 0 fully saturated rings. The molecule has 0 saturated heterocycles. The van der Waals surface area contributed by atoms with Crippen LogP contribution in [0.3, 0.4) is 0 Å². The van der Waals surface area contributed by atoms with Crippen LogP contribution in [0.5, 0.6) is 5.88 Å². The molecule has 11 heteroatoms. The number of hydrogen-bond acceptors (Lipinski definition) is 5. The van der Waals surface area contributed by atoms with Crippen molar-refractivity contribution in [2.24, 2.45) is 0 Å².